The summed E-state index contributed by atoms with van der Waals surface area (Å²) in [6, 6.07) is 23.0. The highest BCUT2D eigenvalue weighted by molar-refractivity contribution is 6.09. The molecule has 3 aromatic rings. The molecule has 2 heterocycles. The quantitative estimate of drug-likeness (QED) is 0.280. The normalized spacial score (nSPS) is 20.2. The van der Waals surface area contributed by atoms with Gasteiger partial charge < -0.3 is 15.0 Å². The van der Waals surface area contributed by atoms with E-state index < -0.39 is 0 Å². The van der Waals surface area contributed by atoms with Crippen molar-refractivity contribution in [1.82, 2.24) is 10.2 Å². The fourth-order valence-corrected chi connectivity index (χ4v) is 5.88. The molecule has 2 aliphatic rings. The van der Waals surface area contributed by atoms with E-state index in [0.717, 1.165) is 60.3 Å². The fraction of sp³-hybridized carbons (Fsp3) is 0.353. The number of hydrogen-bond donors (Lipinski definition) is 1. The van der Waals surface area contributed by atoms with Gasteiger partial charge in [0.2, 0.25) is 0 Å². The van der Waals surface area contributed by atoms with Crippen molar-refractivity contribution in [2.75, 3.05) is 31.1 Å². The van der Waals surface area contributed by atoms with Gasteiger partial charge in [-0.25, -0.2) is 0 Å². The third-order valence-electron chi connectivity index (χ3n) is 7.61. The Morgan fingerprint density at radius 3 is 2.50 bits per heavy atom. The minimum Gasteiger partial charge on any atom is -0.449 e. The molecule has 5 rings (SSSR count). The second kappa shape index (κ2) is 12.5. The number of nitrogens with zero attached hydrogens (tertiary/aromatic N) is 2. The molecule has 2 amide bonds. The zero-order valence-electron chi connectivity index (χ0n) is 23.7. The second-order valence-corrected chi connectivity index (χ2v) is 11.4. The number of carbonyl (C=O) groups excluding carboxylic acids is 2. The Labute approximate surface area is 237 Å². The Morgan fingerprint density at radius 1 is 1.00 bits per heavy atom. The number of amides is 2. The number of piperidine rings is 1. The van der Waals surface area contributed by atoms with Crippen LogP contribution in [-0.4, -0.2) is 42.9 Å². The predicted molar refractivity (Wildman–Crippen MR) is 160 cm³/mol. The topological polar surface area (TPSA) is 61.9 Å². The van der Waals surface area contributed by atoms with Gasteiger partial charge in [0.05, 0.1) is 12.2 Å². The molecule has 0 spiro atoms. The molecule has 1 saturated heterocycles. The van der Waals surface area contributed by atoms with E-state index in [1.807, 2.05) is 61.5 Å². The number of likely N-dealkylation sites (tertiary alicyclic amines) is 1. The highest BCUT2D eigenvalue weighted by Gasteiger charge is 2.30. The monoisotopic (exact) mass is 537 g/mol. The summed E-state index contributed by atoms with van der Waals surface area (Å²) < 4.78 is 6.03. The summed E-state index contributed by atoms with van der Waals surface area (Å²) in [6.45, 7) is 11.1. The van der Waals surface area contributed by atoms with Crippen LogP contribution in [0.2, 0.25) is 0 Å². The zero-order valence-corrected chi connectivity index (χ0v) is 23.7. The lowest BCUT2D eigenvalue weighted by Gasteiger charge is -2.34. The van der Waals surface area contributed by atoms with E-state index in [1.54, 1.807) is 23.1 Å². The molecule has 2 aliphatic heterocycles. The minimum absolute atomic E-state index is 0.0807. The molecule has 3 aromatic carbocycles. The number of benzene rings is 3. The van der Waals surface area contributed by atoms with E-state index in [1.165, 1.54) is 6.42 Å². The molecule has 0 bridgehead atoms. The molecular formula is C34H39N3O3. The predicted octanol–water partition coefficient (Wildman–Crippen LogP) is 6.06. The third kappa shape index (κ3) is 6.80. The van der Waals surface area contributed by atoms with Gasteiger partial charge in [-0.15, -0.1) is 0 Å². The molecule has 0 aromatic heterocycles. The number of carbonyl (C=O) groups is 2. The van der Waals surface area contributed by atoms with Crippen molar-refractivity contribution < 1.29 is 14.3 Å². The van der Waals surface area contributed by atoms with Crippen LogP contribution in [0.1, 0.15) is 53.7 Å². The highest BCUT2D eigenvalue weighted by atomic mass is 16.5. The Balaban J connectivity index is 1.21. The largest absolute Gasteiger partial charge is 0.449 e. The molecule has 0 radical (unpaired) electrons. The summed E-state index contributed by atoms with van der Waals surface area (Å²) in [4.78, 5) is 30.5. The lowest BCUT2D eigenvalue weighted by Crippen LogP contribution is -2.40. The molecule has 6 nitrogen and oxygen atoms in total. The number of ether oxygens (including phenoxy) is 1. The SMILES string of the molecule is Cc1cccc(CN2C(=O)/C(=C\c3ccc(C(=O)NCCCN4C[C@H](C)C[C@H](C)C4)cc3)Oc3ccccc32)c1. The van der Waals surface area contributed by atoms with Crippen LogP contribution >= 0.6 is 0 Å². The molecule has 0 unspecified atom stereocenters. The van der Waals surface area contributed by atoms with Gasteiger partial charge in [-0.2, -0.15) is 0 Å². The number of nitrogens with one attached hydrogen (secondary N) is 1. The van der Waals surface area contributed by atoms with Crippen LogP contribution in [0, 0.1) is 18.8 Å². The van der Waals surface area contributed by atoms with E-state index in [-0.39, 0.29) is 17.6 Å². The summed E-state index contributed by atoms with van der Waals surface area (Å²) in [6.07, 6.45) is 3.98. The molecular weight excluding hydrogens is 498 g/mol. The lowest BCUT2D eigenvalue weighted by atomic mass is 9.92. The molecule has 0 aliphatic carbocycles. The van der Waals surface area contributed by atoms with Crippen molar-refractivity contribution in [2.24, 2.45) is 11.8 Å². The second-order valence-electron chi connectivity index (χ2n) is 11.4. The van der Waals surface area contributed by atoms with Crippen molar-refractivity contribution in [2.45, 2.75) is 40.2 Å². The molecule has 6 heteroatoms. The smallest absolute Gasteiger partial charge is 0.294 e. The number of fused-ring (bicyclic) bond motifs is 1. The van der Waals surface area contributed by atoms with Crippen molar-refractivity contribution in [3.8, 4) is 5.75 Å². The van der Waals surface area contributed by atoms with Crippen LogP contribution in [0.25, 0.3) is 6.08 Å². The Kier molecular flexibility index (Phi) is 8.66. The first kappa shape index (κ1) is 27.7. The maximum atomic E-state index is 13.5. The van der Waals surface area contributed by atoms with Crippen LogP contribution < -0.4 is 15.0 Å². The maximum Gasteiger partial charge on any atom is 0.294 e. The van der Waals surface area contributed by atoms with Crippen molar-refractivity contribution in [3.63, 3.8) is 0 Å². The molecule has 40 heavy (non-hydrogen) atoms. The Morgan fingerprint density at radius 2 is 1.75 bits per heavy atom. The standard InChI is InChI=1S/C34H39N3O3/c1-24-8-6-9-28(19-24)23-37-30-10-4-5-11-31(30)40-32(34(37)39)20-27-12-14-29(15-13-27)33(38)35-16-7-17-36-21-25(2)18-26(3)22-36/h4-6,8-15,19-20,25-26H,7,16-18,21-23H2,1-3H3,(H,35,38)/b32-20+/t25-,26+. The fourth-order valence-electron chi connectivity index (χ4n) is 5.88. The van der Waals surface area contributed by atoms with E-state index >= 15 is 0 Å². The minimum atomic E-state index is -0.195. The van der Waals surface area contributed by atoms with Crippen molar-refractivity contribution in [1.29, 1.82) is 0 Å². The van der Waals surface area contributed by atoms with Crippen LogP contribution in [0.15, 0.2) is 78.6 Å². The number of rotatable bonds is 8. The first-order valence-electron chi connectivity index (χ1n) is 14.3. The lowest BCUT2D eigenvalue weighted by molar-refractivity contribution is -0.117. The summed E-state index contributed by atoms with van der Waals surface area (Å²) >= 11 is 0. The zero-order chi connectivity index (χ0) is 28.1. The molecule has 1 fully saturated rings. The number of anilines is 1. The highest BCUT2D eigenvalue weighted by Crippen LogP contribution is 2.36. The van der Waals surface area contributed by atoms with Gasteiger partial charge in [0.15, 0.2) is 11.5 Å². The van der Waals surface area contributed by atoms with Gasteiger partial charge in [0, 0.05) is 25.2 Å². The van der Waals surface area contributed by atoms with E-state index in [0.29, 0.717) is 24.4 Å². The van der Waals surface area contributed by atoms with Crippen LogP contribution in [0.3, 0.4) is 0 Å². The van der Waals surface area contributed by atoms with Gasteiger partial charge in [-0.1, -0.05) is 67.9 Å². The Hall–Kier alpha value is -3.90. The molecule has 2 atom stereocenters. The average molecular weight is 538 g/mol. The summed E-state index contributed by atoms with van der Waals surface area (Å²) in [7, 11) is 0. The number of aryl methyl sites for hydroxylation is 1. The number of para-hydroxylation sites is 2. The van der Waals surface area contributed by atoms with Crippen LogP contribution in [-0.2, 0) is 11.3 Å². The van der Waals surface area contributed by atoms with Gasteiger partial charge >= 0.3 is 0 Å². The van der Waals surface area contributed by atoms with E-state index in [9.17, 15) is 9.59 Å². The van der Waals surface area contributed by atoms with Gasteiger partial charge in [0.25, 0.3) is 11.8 Å². The van der Waals surface area contributed by atoms with Crippen molar-refractivity contribution in [3.05, 3.63) is 101 Å². The van der Waals surface area contributed by atoms with Gasteiger partial charge in [-0.05, 0) is 79.6 Å². The van der Waals surface area contributed by atoms with Crippen molar-refractivity contribution >= 4 is 23.6 Å². The molecule has 1 N–H and O–H groups in total. The molecule has 208 valence electrons. The average Bonchev–Trinajstić information content (AvgIpc) is 2.93. The maximum absolute atomic E-state index is 13.5. The summed E-state index contributed by atoms with van der Waals surface area (Å²) in [5, 5.41) is 3.05. The first-order chi connectivity index (χ1) is 19.4. The van der Waals surface area contributed by atoms with Crippen LogP contribution in [0.5, 0.6) is 5.75 Å². The van der Waals surface area contributed by atoms with Gasteiger partial charge in [-0.3, -0.25) is 14.5 Å². The molecule has 0 saturated carbocycles. The van der Waals surface area contributed by atoms with Gasteiger partial charge in [0.1, 0.15) is 0 Å². The summed E-state index contributed by atoms with van der Waals surface area (Å²) in [5.74, 6) is 2.11. The summed E-state index contributed by atoms with van der Waals surface area (Å²) in [5.41, 5.74) is 4.35. The third-order valence-corrected chi connectivity index (χ3v) is 7.61. The Bertz CT molecular complexity index is 1370. The number of hydrogen-bond acceptors (Lipinski definition) is 4. The van der Waals surface area contributed by atoms with E-state index in [2.05, 4.69) is 30.1 Å². The van der Waals surface area contributed by atoms with E-state index in [4.69, 9.17) is 4.74 Å². The first-order valence-corrected chi connectivity index (χ1v) is 14.3. The van der Waals surface area contributed by atoms with Crippen LogP contribution in [0.4, 0.5) is 5.69 Å².